The van der Waals surface area contributed by atoms with Gasteiger partial charge < -0.3 is 9.72 Å². The number of hydrogen-bond acceptors (Lipinski definition) is 6. The first-order chi connectivity index (χ1) is 14.5. The summed E-state index contributed by atoms with van der Waals surface area (Å²) in [5.74, 6) is 0.780. The lowest BCUT2D eigenvalue weighted by Gasteiger charge is -2.09. The zero-order valence-corrected chi connectivity index (χ0v) is 17.6. The van der Waals surface area contributed by atoms with Gasteiger partial charge in [0.05, 0.1) is 24.7 Å². The maximum atomic E-state index is 12.5. The van der Waals surface area contributed by atoms with Crippen LogP contribution in [0.5, 0.6) is 5.75 Å². The Hall–Kier alpha value is -3.39. The summed E-state index contributed by atoms with van der Waals surface area (Å²) in [4.78, 5) is 32.3. The monoisotopic (exact) mass is 420 g/mol. The third-order valence-electron chi connectivity index (χ3n) is 4.97. The number of aromatic nitrogens is 4. The Bertz CT molecular complexity index is 1290. The van der Waals surface area contributed by atoms with Crippen molar-refractivity contribution in [3.05, 3.63) is 75.7 Å². The lowest BCUT2D eigenvalue weighted by atomic mass is 10.1. The molecule has 8 heteroatoms. The molecule has 4 aromatic rings. The van der Waals surface area contributed by atoms with Crippen LogP contribution in [-0.2, 0) is 0 Å². The molecule has 0 saturated heterocycles. The molecule has 2 aromatic carbocycles. The summed E-state index contributed by atoms with van der Waals surface area (Å²) in [6.07, 6.45) is 1.51. The van der Waals surface area contributed by atoms with Crippen LogP contribution in [0.15, 0.2) is 58.6 Å². The van der Waals surface area contributed by atoms with Gasteiger partial charge in [-0.15, -0.1) is 0 Å². The van der Waals surface area contributed by atoms with E-state index >= 15 is 0 Å². The van der Waals surface area contributed by atoms with Gasteiger partial charge in [-0.3, -0.25) is 9.59 Å². The second-order valence-corrected chi connectivity index (χ2v) is 7.79. The van der Waals surface area contributed by atoms with E-state index in [0.29, 0.717) is 27.5 Å². The number of aryl methyl sites for hydroxylation is 1. The molecule has 1 N–H and O–H groups in total. The number of Topliss-reactive ketones (excluding diaryl/α,β-unsaturated/α-hetero) is 1. The summed E-state index contributed by atoms with van der Waals surface area (Å²) in [7, 11) is 1.58. The number of nitrogens with zero attached hydrogens (tertiary/aromatic N) is 3. The molecule has 0 radical (unpaired) electrons. The number of nitrogens with one attached hydrogen (secondary N) is 1. The van der Waals surface area contributed by atoms with Crippen molar-refractivity contribution in [1.82, 2.24) is 19.7 Å². The number of hydrogen-bond donors (Lipinski definition) is 1. The van der Waals surface area contributed by atoms with Gasteiger partial charge in [0, 0.05) is 5.56 Å². The van der Waals surface area contributed by atoms with Gasteiger partial charge in [0.25, 0.3) is 5.56 Å². The lowest BCUT2D eigenvalue weighted by Crippen LogP contribution is -2.11. The highest BCUT2D eigenvalue weighted by Gasteiger charge is 2.15. The van der Waals surface area contributed by atoms with Gasteiger partial charge in [0.15, 0.2) is 16.6 Å². The van der Waals surface area contributed by atoms with Gasteiger partial charge in [-0.25, -0.2) is 9.67 Å². The Labute approximate surface area is 177 Å². The van der Waals surface area contributed by atoms with E-state index in [2.05, 4.69) is 15.1 Å². The van der Waals surface area contributed by atoms with Gasteiger partial charge in [0.1, 0.15) is 11.1 Å². The van der Waals surface area contributed by atoms with Crippen LogP contribution in [-0.4, -0.2) is 38.4 Å². The number of carbonyl (C=O) groups excluding carboxylic acids is 1. The minimum Gasteiger partial charge on any atom is -0.497 e. The number of fused-ring (bicyclic) bond motifs is 1. The fourth-order valence-electron chi connectivity index (χ4n) is 3.10. The molecule has 152 valence electrons. The van der Waals surface area contributed by atoms with Crippen LogP contribution < -0.4 is 10.3 Å². The smallest absolute Gasteiger partial charge is 0.262 e. The second kappa shape index (κ2) is 8.16. The van der Waals surface area contributed by atoms with E-state index in [9.17, 15) is 9.59 Å². The topological polar surface area (TPSA) is 89.9 Å². The summed E-state index contributed by atoms with van der Waals surface area (Å²) in [5.41, 5.74) is 3.82. The zero-order chi connectivity index (χ0) is 21.3. The van der Waals surface area contributed by atoms with Gasteiger partial charge in [-0.05, 0) is 55.3 Å². The third-order valence-corrected chi connectivity index (χ3v) is 5.85. The second-order valence-electron chi connectivity index (χ2n) is 6.82. The first-order valence-electron chi connectivity index (χ1n) is 9.32. The summed E-state index contributed by atoms with van der Waals surface area (Å²) in [6.45, 7) is 4.03. The third kappa shape index (κ3) is 3.73. The highest BCUT2D eigenvalue weighted by Crippen LogP contribution is 2.22. The number of H-pyrrole nitrogens is 1. The molecule has 30 heavy (non-hydrogen) atoms. The van der Waals surface area contributed by atoms with Crippen LogP contribution in [0.25, 0.3) is 16.7 Å². The first-order valence-corrected chi connectivity index (χ1v) is 10.3. The molecule has 0 saturated carbocycles. The van der Waals surface area contributed by atoms with E-state index < -0.39 is 0 Å². The number of benzene rings is 2. The number of thioether (sulfide) groups is 1. The normalized spacial score (nSPS) is 11.0. The Balaban J connectivity index is 1.63. The molecule has 0 aliphatic rings. The molecular weight excluding hydrogens is 400 g/mol. The van der Waals surface area contributed by atoms with E-state index in [1.54, 1.807) is 36.1 Å². The van der Waals surface area contributed by atoms with E-state index in [-0.39, 0.29) is 17.1 Å². The predicted octanol–water partition coefficient (Wildman–Crippen LogP) is 3.71. The molecule has 0 spiro atoms. The first kappa shape index (κ1) is 19.9. The minimum absolute atomic E-state index is 0.0616. The largest absolute Gasteiger partial charge is 0.497 e. The maximum absolute atomic E-state index is 12.5. The molecule has 0 fully saturated rings. The summed E-state index contributed by atoms with van der Waals surface area (Å²) in [6, 6.07) is 12.8. The highest BCUT2D eigenvalue weighted by atomic mass is 32.2. The van der Waals surface area contributed by atoms with Crippen molar-refractivity contribution in [2.75, 3.05) is 12.9 Å². The molecule has 2 heterocycles. The van der Waals surface area contributed by atoms with Crippen LogP contribution in [0.3, 0.4) is 0 Å². The molecule has 4 rings (SSSR count). The molecule has 0 aliphatic heterocycles. The lowest BCUT2D eigenvalue weighted by molar-refractivity contribution is 0.102. The van der Waals surface area contributed by atoms with E-state index in [1.807, 2.05) is 32.0 Å². The van der Waals surface area contributed by atoms with Gasteiger partial charge in [-0.2, -0.15) is 5.10 Å². The fourth-order valence-corrected chi connectivity index (χ4v) is 3.85. The van der Waals surface area contributed by atoms with Crippen molar-refractivity contribution in [3.63, 3.8) is 0 Å². The fraction of sp³-hybridized carbons (Fsp3) is 0.182. The summed E-state index contributed by atoms with van der Waals surface area (Å²) in [5, 5.41) is 5.16. The summed E-state index contributed by atoms with van der Waals surface area (Å²) < 4.78 is 6.78. The molecule has 2 aromatic heterocycles. The van der Waals surface area contributed by atoms with Crippen molar-refractivity contribution < 1.29 is 9.53 Å². The van der Waals surface area contributed by atoms with Crippen molar-refractivity contribution >= 4 is 28.6 Å². The number of rotatable bonds is 6. The van der Waals surface area contributed by atoms with Crippen molar-refractivity contribution in [2.45, 2.75) is 19.0 Å². The van der Waals surface area contributed by atoms with Crippen LogP contribution in [0.1, 0.15) is 21.5 Å². The molecule has 0 amide bonds. The Morgan fingerprint density at radius 1 is 1.17 bits per heavy atom. The van der Waals surface area contributed by atoms with Crippen molar-refractivity contribution in [3.8, 4) is 11.4 Å². The highest BCUT2D eigenvalue weighted by molar-refractivity contribution is 7.99. The Morgan fingerprint density at radius 2 is 1.93 bits per heavy atom. The molecule has 0 unspecified atom stereocenters. The molecule has 0 bridgehead atoms. The molecule has 7 nitrogen and oxygen atoms in total. The number of aromatic amines is 1. The van der Waals surface area contributed by atoms with Crippen molar-refractivity contribution in [1.29, 1.82) is 0 Å². The quantitative estimate of drug-likeness (QED) is 0.291. The van der Waals surface area contributed by atoms with Gasteiger partial charge in [-0.1, -0.05) is 23.9 Å². The Morgan fingerprint density at radius 3 is 2.67 bits per heavy atom. The molecule has 0 aliphatic carbocycles. The van der Waals surface area contributed by atoms with Gasteiger partial charge >= 0.3 is 0 Å². The minimum atomic E-state index is -0.282. The average Bonchev–Trinajstić information content (AvgIpc) is 3.18. The van der Waals surface area contributed by atoms with Crippen LogP contribution in [0, 0.1) is 13.8 Å². The Kier molecular flexibility index (Phi) is 5.41. The maximum Gasteiger partial charge on any atom is 0.262 e. The van der Waals surface area contributed by atoms with E-state index in [0.717, 1.165) is 16.8 Å². The van der Waals surface area contributed by atoms with Crippen molar-refractivity contribution in [2.24, 2.45) is 0 Å². The molecule has 0 atom stereocenters. The number of carbonyl (C=O) groups is 1. The van der Waals surface area contributed by atoms with E-state index in [1.165, 1.54) is 18.0 Å². The average molecular weight is 420 g/mol. The van der Waals surface area contributed by atoms with Gasteiger partial charge in [0.2, 0.25) is 0 Å². The zero-order valence-electron chi connectivity index (χ0n) is 16.8. The van der Waals surface area contributed by atoms with E-state index in [4.69, 9.17) is 4.74 Å². The van der Waals surface area contributed by atoms with Crippen LogP contribution >= 0.6 is 11.8 Å². The number of methoxy groups -OCH3 is 1. The SMILES string of the molecule is COc1ccc(C(=O)CSc2nc3c(cnn3-c3cccc(C)c3C)c(=O)[nH]2)cc1. The van der Waals surface area contributed by atoms with Crippen LogP contribution in [0.2, 0.25) is 0 Å². The predicted molar refractivity (Wildman–Crippen MR) is 117 cm³/mol. The summed E-state index contributed by atoms with van der Waals surface area (Å²) >= 11 is 1.19. The number of ketones is 1. The molecular formula is C22H20N4O3S. The number of ether oxygens (including phenoxy) is 1. The standard InChI is InChI=1S/C22H20N4O3S/c1-13-5-4-6-18(14(13)2)26-20-17(11-23-26)21(28)25-22(24-20)30-12-19(27)15-7-9-16(29-3)10-8-15/h4-11H,12H2,1-3H3,(H,24,25,28). The van der Waals surface area contributed by atoms with Crippen LogP contribution in [0.4, 0.5) is 0 Å².